The molecule has 0 saturated heterocycles. The van der Waals surface area contributed by atoms with Gasteiger partial charge in [-0.2, -0.15) is 0 Å². The molecule has 6 heteroatoms. The molecule has 22 heavy (non-hydrogen) atoms. The summed E-state index contributed by atoms with van der Waals surface area (Å²) in [6.45, 7) is 1.92. The molecule has 2 aromatic rings. The van der Waals surface area contributed by atoms with Crippen molar-refractivity contribution in [1.29, 1.82) is 0 Å². The number of nitrogen functional groups attached to an aromatic ring is 1. The number of ketones is 1. The first-order valence-electron chi connectivity index (χ1n) is 6.27. The van der Waals surface area contributed by atoms with E-state index in [-0.39, 0.29) is 63.6 Å². The molecule has 0 amide bonds. The standard InChI is InChI=1S/C16H14ClNO3.Na/c1-9-2-4-10(5-3-9)16(21)13-8-12(17)6-11(15(13)18)7-14(19)20;/h2-6,8H,7,18H2,1H3,(H,19,20);/q;+1/p-1. The van der Waals surface area contributed by atoms with Gasteiger partial charge in [0.05, 0.1) is 0 Å². The van der Waals surface area contributed by atoms with Crippen LogP contribution in [0.3, 0.4) is 0 Å². The first kappa shape index (κ1) is 18.7. The maximum Gasteiger partial charge on any atom is 1.00 e. The summed E-state index contributed by atoms with van der Waals surface area (Å²) < 4.78 is 0. The Labute approximate surface area is 155 Å². The Morgan fingerprint density at radius 2 is 1.77 bits per heavy atom. The summed E-state index contributed by atoms with van der Waals surface area (Å²) in [4.78, 5) is 23.2. The number of hydrogen-bond acceptors (Lipinski definition) is 4. The number of halogens is 1. The van der Waals surface area contributed by atoms with Crippen molar-refractivity contribution in [2.24, 2.45) is 0 Å². The minimum absolute atomic E-state index is 0. The third-order valence-corrected chi connectivity index (χ3v) is 3.34. The van der Waals surface area contributed by atoms with Crippen LogP contribution in [0.25, 0.3) is 0 Å². The van der Waals surface area contributed by atoms with Crippen LogP contribution >= 0.6 is 11.6 Å². The summed E-state index contributed by atoms with van der Waals surface area (Å²) >= 11 is 5.94. The summed E-state index contributed by atoms with van der Waals surface area (Å²) in [5, 5.41) is 11.0. The molecule has 0 spiro atoms. The number of anilines is 1. The van der Waals surface area contributed by atoms with Gasteiger partial charge in [0.2, 0.25) is 0 Å². The van der Waals surface area contributed by atoms with E-state index < -0.39 is 5.97 Å². The fraction of sp³-hybridized carbons (Fsp3) is 0.125. The average molecular weight is 326 g/mol. The average Bonchev–Trinajstić information content (AvgIpc) is 2.42. The van der Waals surface area contributed by atoms with Gasteiger partial charge in [0, 0.05) is 34.2 Å². The van der Waals surface area contributed by atoms with Gasteiger partial charge >= 0.3 is 29.6 Å². The molecule has 2 aromatic carbocycles. The molecule has 2 N–H and O–H groups in total. The zero-order chi connectivity index (χ0) is 15.6. The monoisotopic (exact) mass is 325 g/mol. The van der Waals surface area contributed by atoms with Crippen LogP contribution in [0.5, 0.6) is 0 Å². The van der Waals surface area contributed by atoms with Crippen molar-refractivity contribution < 1.29 is 44.3 Å². The number of benzene rings is 2. The summed E-state index contributed by atoms with van der Waals surface area (Å²) in [7, 11) is 0. The Morgan fingerprint density at radius 3 is 2.32 bits per heavy atom. The van der Waals surface area contributed by atoms with E-state index in [1.54, 1.807) is 12.1 Å². The first-order valence-corrected chi connectivity index (χ1v) is 6.65. The van der Waals surface area contributed by atoms with Crippen molar-refractivity contribution in [3.05, 3.63) is 63.7 Å². The van der Waals surface area contributed by atoms with Crippen molar-refractivity contribution in [3.8, 4) is 0 Å². The summed E-state index contributed by atoms with van der Waals surface area (Å²) in [5.41, 5.74) is 7.99. The second-order valence-electron chi connectivity index (χ2n) is 4.77. The fourth-order valence-corrected chi connectivity index (χ4v) is 2.27. The van der Waals surface area contributed by atoms with Crippen molar-refractivity contribution in [2.75, 3.05) is 5.73 Å². The molecule has 0 fully saturated rings. The van der Waals surface area contributed by atoms with Gasteiger partial charge < -0.3 is 15.6 Å². The van der Waals surface area contributed by atoms with E-state index in [0.29, 0.717) is 5.56 Å². The van der Waals surface area contributed by atoms with Gasteiger partial charge in [-0.25, -0.2) is 0 Å². The molecule has 0 aliphatic carbocycles. The smallest absolute Gasteiger partial charge is 0.550 e. The second kappa shape index (κ2) is 7.79. The number of carboxylic acids is 1. The largest absolute Gasteiger partial charge is 1.00 e. The third kappa shape index (κ3) is 4.34. The first-order chi connectivity index (χ1) is 9.88. The number of aliphatic carboxylic acids is 1. The Morgan fingerprint density at radius 1 is 1.18 bits per heavy atom. The maximum atomic E-state index is 12.5. The maximum absolute atomic E-state index is 12.5. The molecule has 0 aliphatic heterocycles. The van der Waals surface area contributed by atoms with E-state index in [9.17, 15) is 14.7 Å². The van der Waals surface area contributed by atoms with E-state index in [4.69, 9.17) is 17.3 Å². The van der Waals surface area contributed by atoms with Gasteiger partial charge in [0.15, 0.2) is 5.78 Å². The summed E-state index contributed by atoms with van der Waals surface area (Å²) in [6, 6.07) is 9.88. The number of carbonyl (C=O) groups is 2. The molecule has 4 nitrogen and oxygen atoms in total. The van der Waals surface area contributed by atoms with Gasteiger partial charge in [-0.3, -0.25) is 4.79 Å². The van der Waals surface area contributed by atoms with Gasteiger partial charge in [0.1, 0.15) is 0 Å². The number of nitrogens with two attached hydrogens (primary N) is 1. The Kier molecular flexibility index (Phi) is 6.63. The predicted octanol–water partition coefficient (Wildman–Crippen LogP) is -1.24. The van der Waals surface area contributed by atoms with Crippen molar-refractivity contribution >= 4 is 29.0 Å². The van der Waals surface area contributed by atoms with Crippen LogP contribution in [-0.4, -0.2) is 11.8 Å². The third-order valence-electron chi connectivity index (χ3n) is 3.12. The Bertz CT molecular complexity index is 714. The topological polar surface area (TPSA) is 83.2 Å². The number of aryl methyl sites for hydroxylation is 1. The normalized spacial score (nSPS) is 9.91. The number of carbonyl (C=O) groups excluding carboxylic acids is 2. The van der Waals surface area contributed by atoms with Crippen LogP contribution in [0.2, 0.25) is 5.02 Å². The zero-order valence-corrected chi connectivity index (χ0v) is 15.1. The van der Waals surface area contributed by atoms with Gasteiger partial charge in [-0.15, -0.1) is 0 Å². The molecular weight excluding hydrogens is 313 g/mol. The Hall–Kier alpha value is -1.33. The molecule has 0 aromatic heterocycles. The molecule has 0 saturated carbocycles. The Balaban J connectivity index is 0.00000242. The second-order valence-corrected chi connectivity index (χ2v) is 5.21. The van der Waals surface area contributed by atoms with E-state index in [2.05, 4.69) is 0 Å². The predicted molar refractivity (Wildman–Crippen MR) is 79.2 cm³/mol. The van der Waals surface area contributed by atoms with Gasteiger partial charge in [-0.05, 0) is 24.6 Å². The van der Waals surface area contributed by atoms with Crippen LogP contribution in [0.4, 0.5) is 5.69 Å². The number of carboxylic acid groups (broad SMARTS) is 1. The minimum atomic E-state index is -1.28. The van der Waals surface area contributed by atoms with Crippen LogP contribution in [0, 0.1) is 6.92 Å². The molecule has 0 unspecified atom stereocenters. The molecular formula is C16H13ClNNaO3. The molecule has 0 aliphatic rings. The van der Waals surface area contributed by atoms with Crippen LogP contribution in [0.15, 0.2) is 36.4 Å². The van der Waals surface area contributed by atoms with Crippen LogP contribution < -0.4 is 40.4 Å². The minimum Gasteiger partial charge on any atom is -0.550 e. The molecule has 0 atom stereocenters. The van der Waals surface area contributed by atoms with E-state index in [1.165, 1.54) is 12.1 Å². The van der Waals surface area contributed by atoms with E-state index in [0.717, 1.165) is 5.56 Å². The van der Waals surface area contributed by atoms with Crippen molar-refractivity contribution in [3.63, 3.8) is 0 Å². The number of rotatable bonds is 4. The summed E-state index contributed by atoms with van der Waals surface area (Å²) in [5.74, 6) is -1.58. The van der Waals surface area contributed by atoms with Crippen LogP contribution in [0.1, 0.15) is 27.0 Å². The fourth-order valence-electron chi connectivity index (χ4n) is 2.02. The molecule has 0 heterocycles. The summed E-state index contributed by atoms with van der Waals surface area (Å²) in [6.07, 6.45) is -0.388. The molecule has 2 rings (SSSR count). The van der Waals surface area contributed by atoms with Crippen molar-refractivity contribution in [1.82, 2.24) is 0 Å². The van der Waals surface area contributed by atoms with Gasteiger partial charge in [0.25, 0.3) is 0 Å². The van der Waals surface area contributed by atoms with Crippen LogP contribution in [-0.2, 0) is 11.2 Å². The van der Waals surface area contributed by atoms with E-state index in [1.807, 2.05) is 19.1 Å². The van der Waals surface area contributed by atoms with Crippen molar-refractivity contribution in [2.45, 2.75) is 13.3 Å². The molecule has 0 radical (unpaired) electrons. The van der Waals surface area contributed by atoms with E-state index >= 15 is 0 Å². The van der Waals surface area contributed by atoms with Gasteiger partial charge in [-0.1, -0.05) is 41.4 Å². The molecule has 0 bridgehead atoms. The zero-order valence-electron chi connectivity index (χ0n) is 12.4. The SMILES string of the molecule is Cc1ccc(C(=O)c2cc(Cl)cc(CC(=O)[O-])c2N)cc1.[Na+]. The number of hydrogen-bond donors (Lipinski definition) is 1. The quantitative estimate of drug-likeness (QED) is 0.433. The molecule has 108 valence electrons.